The maximum absolute atomic E-state index is 4.70. The Bertz CT molecular complexity index is 198. The predicted molar refractivity (Wildman–Crippen MR) is 41.8 cm³/mol. The molecule has 0 aliphatic carbocycles. The van der Waals surface area contributed by atoms with Gasteiger partial charge in [-0.1, -0.05) is 18.2 Å². The molecule has 0 saturated heterocycles. The van der Waals surface area contributed by atoms with Gasteiger partial charge < -0.3 is 0 Å². The summed E-state index contributed by atoms with van der Waals surface area (Å²) >= 11 is 4.38. The van der Waals surface area contributed by atoms with Gasteiger partial charge in [-0.15, -0.1) is 0 Å². The van der Waals surface area contributed by atoms with E-state index in [4.69, 9.17) is 4.89 Å². The van der Waals surface area contributed by atoms with Crippen molar-refractivity contribution >= 4 is 17.8 Å². The van der Waals surface area contributed by atoms with Crippen LogP contribution in [0.5, 0.6) is 5.75 Å². The Morgan fingerprint density at radius 3 is 2.50 bits per heavy atom. The molecule has 1 aromatic rings. The zero-order valence-electron chi connectivity index (χ0n) is 5.19. The van der Waals surface area contributed by atoms with Crippen LogP contribution in [0, 0.1) is 0 Å². The van der Waals surface area contributed by atoms with Crippen molar-refractivity contribution in [2.24, 2.45) is 0 Å². The first kappa shape index (κ1) is 7.02. The first-order valence-corrected chi connectivity index (χ1v) is 3.22. The molecule has 0 aliphatic rings. The zero-order valence-corrected chi connectivity index (χ0v) is 6.01. The molecule has 0 N–H and O–H groups in total. The average molecular weight is 154 g/mol. The first-order chi connectivity index (χ1) is 4.93. The molecule has 0 radical (unpaired) electrons. The molecule has 0 spiro atoms. The molecule has 0 aromatic heterocycles. The Hall–Kier alpha value is -1.09. The molecule has 0 bridgehead atoms. The summed E-state index contributed by atoms with van der Waals surface area (Å²) in [5.74, 6) is 0.642. The van der Waals surface area contributed by atoms with Crippen LogP contribution in [-0.4, -0.2) is 5.55 Å². The van der Waals surface area contributed by atoms with E-state index >= 15 is 0 Å². The maximum Gasteiger partial charge on any atom is 0.205 e. The Morgan fingerprint density at radius 2 is 1.90 bits per heavy atom. The second-order valence-corrected chi connectivity index (χ2v) is 1.78. The third kappa shape index (κ3) is 2.03. The fourth-order valence-corrected chi connectivity index (χ4v) is 0.591. The standard InChI is InChI=1S/C7H6O2S/c10-6-8-9-7-4-2-1-3-5-7/h1-6H. The van der Waals surface area contributed by atoms with Crippen LogP contribution < -0.4 is 4.89 Å². The number of para-hydroxylation sites is 1. The quantitative estimate of drug-likeness (QED) is 0.376. The summed E-state index contributed by atoms with van der Waals surface area (Å²) in [6, 6.07) is 9.14. The van der Waals surface area contributed by atoms with Crippen molar-refractivity contribution in [3.05, 3.63) is 30.3 Å². The second-order valence-electron chi connectivity index (χ2n) is 1.59. The number of rotatable bonds is 3. The Kier molecular flexibility index (Phi) is 2.70. The third-order valence-corrected chi connectivity index (χ3v) is 1.01. The van der Waals surface area contributed by atoms with Crippen molar-refractivity contribution in [2.45, 2.75) is 0 Å². The lowest BCUT2D eigenvalue weighted by molar-refractivity contribution is -0.106. The predicted octanol–water partition coefficient (Wildman–Crippen LogP) is 1.95. The Morgan fingerprint density at radius 1 is 1.20 bits per heavy atom. The summed E-state index contributed by atoms with van der Waals surface area (Å²) in [6.45, 7) is 0. The van der Waals surface area contributed by atoms with Crippen LogP contribution in [0.3, 0.4) is 0 Å². The molecule has 3 heteroatoms. The minimum Gasteiger partial charge on any atom is -0.290 e. The molecule has 2 nitrogen and oxygen atoms in total. The smallest absolute Gasteiger partial charge is 0.205 e. The molecular weight excluding hydrogens is 148 g/mol. The van der Waals surface area contributed by atoms with Crippen LogP contribution in [-0.2, 0) is 4.89 Å². The average Bonchev–Trinajstić information content (AvgIpc) is 2.03. The summed E-state index contributed by atoms with van der Waals surface area (Å²) in [5.41, 5.74) is 1.06. The molecule has 0 amide bonds. The van der Waals surface area contributed by atoms with E-state index in [1.165, 1.54) is 0 Å². The van der Waals surface area contributed by atoms with Crippen LogP contribution in [0.15, 0.2) is 30.3 Å². The zero-order chi connectivity index (χ0) is 7.23. The van der Waals surface area contributed by atoms with Crippen molar-refractivity contribution in [3.63, 3.8) is 0 Å². The van der Waals surface area contributed by atoms with Gasteiger partial charge in [-0.25, -0.2) is 0 Å². The molecule has 52 valence electrons. The van der Waals surface area contributed by atoms with Gasteiger partial charge in [-0.05, 0) is 24.4 Å². The fraction of sp³-hybridized carbons (Fsp3) is 0. The van der Waals surface area contributed by atoms with Crippen molar-refractivity contribution in [1.29, 1.82) is 0 Å². The minimum atomic E-state index is 0.642. The normalized spacial score (nSPS) is 8.40. The van der Waals surface area contributed by atoms with Crippen LogP contribution in [0.1, 0.15) is 0 Å². The van der Waals surface area contributed by atoms with Gasteiger partial charge in [-0.2, -0.15) is 0 Å². The molecule has 0 aliphatic heterocycles. The van der Waals surface area contributed by atoms with E-state index in [2.05, 4.69) is 17.1 Å². The monoisotopic (exact) mass is 154 g/mol. The SMILES string of the molecule is S=COOc1ccccc1. The summed E-state index contributed by atoms with van der Waals surface area (Å²) in [4.78, 5) is 9.10. The van der Waals surface area contributed by atoms with Gasteiger partial charge in [0.25, 0.3) is 0 Å². The number of benzene rings is 1. The van der Waals surface area contributed by atoms with Gasteiger partial charge in [0.05, 0.1) is 0 Å². The van der Waals surface area contributed by atoms with Crippen molar-refractivity contribution in [3.8, 4) is 5.75 Å². The molecule has 0 atom stereocenters. The Labute approximate surface area is 64.3 Å². The lowest BCUT2D eigenvalue weighted by Crippen LogP contribution is -1.91. The van der Waals surface area contributed by atoms with Crippen LogP contribution in [0.4, 0.5) is 0 Å². The molecule has 0 unspecified atom stereocenters. The van der Waals surface area contributed by atoms with Gasteiger partial charge in [0.1, 0.15) is 0 Å². The summed E-state index contributed by atoms with van der Waals surface area (Å²) < 4.78 is 0. The summed E-state index contributed by atoms with van der Waals surface area (Å²) in [6.07, 6.45) is 0. The van der Waals surface area contributed by atoms with Crippen LogP contribution in [0.2, 0.25) is 0 Å². The van der Waals surface area contributed by atoms with E-state index in [0.717, 1.165) is 5.55 Å². The largest absolute Gasteiger partial charge is 0.290 e. The third-order valence-electron chi connectivity index (χ3n) is 0.927. The van der Waals surface area contributed by atoms with E-state index in [1.54, 1.807) is 12.1 Å². The van der Waals surface area contributed by atoms with Crippen molar-refractivity contribution in [1.82, 2.24) is 0 Å². The molecular formula is C7H6O2S. The number of hydrogen-bond acceptors (Lipinski definition) is 3. The van der Waals surface area contributed by atoms with E-state index in [-0.39, 0.29) is 0 Å². The highest BCUT2D eigenvalue weighted by molar-refractivity contribution is 7.78. The van der Waals surface area contributed by atoms with Gasteiger partial charge >= 0.3 is 0 Å². The topological polar surface area (TPSA) is 18.5 Å². The molecule has 0 heterocycles. The molecule has 1 rings (SSSR count). The van der Waals surface area contributed by atoms with Gasteiger partial charge in [-0.3, -0.25) is 9.78 Å². The van der Waals surface area contributed by atoms with E-state index < -0.39 is 0 Å². The minimum absolute atomic E-state index is 0.642. The van der Waals surface area contributed by atoms with E-state index in [0.29, 0.717) is 5.75 Å². The molecule has 0 fully saturated rings. The highest BCUT2D eigenvalue weighted by atomic mass is 32.1. The molecule has 10 heavy (non-hydrogen) atoms. The van der Waals surface area contributed by atoms with Crippen molar-refractivity contribution in [2.75, 3.05) is 0 Å². The van der Waals surface area contributed by atoms with Crippen LogP contribution in [0.25, 0.3) is 0 Å². The Balaban J connectivity index is 2.50. The van der Waals surface area contributed by atoms with E-state index in [1.807, 2.05) is 18.2 Å². The number of thiocarbonyl (C=S) groups is 1. The summed E-state index contributed by atoms with van der Waals surface area (Å²) in [7, 11) is 0. The van der Waals surface area contributed by atoms with Gasteiger partial charge in [0.2, 0.25) is 5.55 Å². The van der Waals surface area contributed by atoms with Gasteiger partial charge in [0, 0.05) is 0 Å². The lowest BCUT2D eigenvalue weighted by atomic mass is 10.3. The number of hydrogen-bond donors (Lipinski definition) is 0. The van der Waals surface area contributed by atoms with Gasteiger partial charge in [0.15, 0.2) is 5.75 Å². The molecule has 0 saturated carbocycles. The fourth-order valence-electron chi connectivity index (χ4n) is 0.551. The van der Waals surface area contributed by atoms with Crippen LogP contribution >= 0.6 is 12.2 Å². The van der Waals surface area contributed by atoms with Crippen molar-refractivity contribution < 1.29 is 9.78 Å². The highest BCUT2D eigenvalue weighted by Gasteiger charge is 1.87. The van der Waals surface area contributed by atoms with E-state index in [9.17, 15) is 0 Å². The second kappa shape index (κ2) is 3.85. The highest BCUT2D eigenvalue weighted by Crippen LogP contribution is 2.07. The molecule has 1 aromatic carbocycles. The maximum atomic E-state index is 4.70. The lowest BCUT2D eigenvalue weighted by Gasteiger charge is -1.97. The summed E-state index contributed by atoms with van der Waals surface area (Å²) in [5, 5.41) is 0. The first-order valence-electron chi connectivity index (χ1n) is 2.75.